The van der Waals surface area contributed by atoms with Crippen LogP contribution in [0.1, 0.15) is 5.69 Å². The number of nitrogen functional groups attached to an aromatic ring is 1. The zero-order valence-corrected chi connectivity index (χ0v) is 11.5. The van der Waals surface area contributed by atoms with Crippen LogP contribution in [-0.2, 0) is 6.54 Å². The van der Waals surface area contributed by atoms with Gasteiger partial charge in [-0.2, -0.15) is 0 Å². The van der Waals surface area contributed by atoms with Crippen molar-refractivity contribution in [3.05, 3.63) is 47.8 Å². The lowest BCUT2D eigenvalue weighted by Gasteiger charge is -2.38. The molecule has 1 aliphatic heterocycles. The van der Waals surface area contributed by atoms with Crippen LogP contribution in [0.25, 0.3) is 11.1 Å². The van der Waals surface area contributed by atoms with Crippen molar-refractivity contribution in [3.63, 3.8) is 0 Å². The predicted octanol–water partition coefficient (Wildman–Crippen LogP) is 3.06. The summed E-state index contributed by atoms with van der Waals surface area (Å²) in [5, 5.41) is 0. The third-order valence-electron chi connectivity index (χ3n) is 3.57. The van der Waals surface area contributed by atoms with Crippen LogP contribution < -0.4 is 5.73 Å². The molecule has 7 heteroatoms. The Morgan fingerprint density at radius 3 is 2.55 bits per heavy atom. The molecule has 1 aromatic carbocycles. The minimum Gasteiger partial charge on any atom is -0.397 e. The molecule has 0 unspecified atom stereocenters. The zero-order valence-electron chi connectivity index (χ0n) is 11.5. The molecule has 0 aliphatic carbocycles. The highest BCUT2D eigenvalue weighted by Crippen LogP contribution is 2.33. The molecule has 2 heterocycles. The van der Waals surface area contributed by atoms with Gasteiger partial charge < -0.3 is 5.73 Å². The number of hydrogen-bond donors (Lipinski definition) is 1. The quantitative estimate of drug-likeness (QED) is 0.886. The van der Waals surface area contributed by atoms with E-state index in [4.69, 9.17) is 5.73 Å². The fourth-order valence-corrected chi connectivity index (χ4v) is 2.51. The number of rotatable bonds is 3. The summed E-state index contributed by atoms with van der Waals surface area (Å²) >= 11 is 0. The lowest BCUT2D eigenvalue weighted by Crippen LogP contribution is -2.55. The molecule has 116 valence electrons. The van der Waals surface area contributed by atoms with Gasteiger partial charge in [0.15, 0.2) is 0 Å². The maximum Gasteiger partial charge on any atom is 0.272 e. The maximum atomic E-state index is 13.9. The Bertz CT molecular complexity index is 710. The smallest absolute Gasteiger partial charge is 0.272 e. The number of pyridine rings is 1. The molecule has 2 N–H and O–H groups in total. The minimum absolute atomic E-state index is 0.0232. The van der Waals surface area contributed by atoms with Crippen LogP contribution in [0.3, 0.4) is 0 Å². The molecule has 0 amide bonds. The summed E-state index contributed by atoms with van der Waals surface area (Å²) in [6, 6.07) is 4.55. The summed E-state index contributed by atoms with van der Waals surface area (Å²) in [7, 11) is 0. The number of likely N-dealkylation sites (tertiary alicyclic amines) is 1. The highest BCUT2D eigenvalue weighted by Gasteiger charge is 2.43. The van der Waals surface area contributed by atoms with Crippen molar-refractivity contribution in [2.75, 3.05) is 18.8 Å². The van der Waals surface area contributed by atoms with Crippen LogP contribution in [-0.4, -0.2) is 28.9 Å². The lowest BCUT2D eigenvalue weighted by atomic mass is 10.0. The summed E-state index contributed by atoms with van der Waals surface area (Å²) in [5.41, 5.74) is 6.83. The van der Waals surface area contributed by atoms with Crippen molar-refractivity contribution in [1.29, 1.82) is 0 Å². The molecule has 1 aliphatic rings. The highest BCUT2D eigenvalue weighted by atomic mass is 19.3. The minimum atomic E-state index is -2.68. The van der Waals surface area contributed by atoms with E-state index in [1.807, 2.05) is 0 Å². The highest BCUT2D eigenvalue weighted by molar-refractivity contribution is 5.77. The van der Waals surface area contributed by atoms with Crippen molar-refractivity contribution in [1.82, 2.24) is 9.88 Å². The Morgan fingerprint density at radius 2 is 1.86 bits per heavy atom. The van der Waals surface area contributed by atoms with E-state index in [-0.39, 0.29) is 30.9 Å². The van der Waals surface area contributed by atoms with Gasteiger partial charge in [0.05, 0.1) is 24.5 Å². The van der Waals surface area contributed by atoms with Gasteiger partial charge in [-0.05, 0) is 24.3 Å². The standard InChI is InChI=1S/C15H13F4N3/c16-9-1-2-12(17)11(5-9)10-3-4-21-13(14(10)20)6-22-7-15(18,19)8-22/h1-5H,6-8,20H2. The SMILES string of the molecule is Nc1c(-c2cc(F)ccc2F)ccnc1CN1CC(F)(F)C1. The van der Waals surface area contributed by atoms with Crippen LogP contribution in [0.15, 0.2) is 30.5 Å². The summed E-state index contributed by atoms with van der Waals surface area (Å²) in [6.45, 7) is -0.564. The van der Waals surface area contributed by atoms with Crippen molar-refractivity contribution in [2.24, 2.45) is 0 Å². The summed E-state index contributed by atoms with van der Waals surface area (Å²) < 4.78 is 52.9. The van der Waals surface area contributed by atoms with Gasteiger partial charge in [-0.15, -0.1) is 0 Å². The fourth-order valence-electron chi connectivity index (χ4n) is 2.51. The zero-order chi connectivity index (χ0) is 15.9. The second kappa shape index (κ2) is 5.24. The Morgan fingerprint density at radius 1 is 1.14 bits per heavy atom. The van der Waals surface area contributed by atoms with E-state index in [1.54, 1.807) is 0 Å². The van der Waals surface area contributed by atoms with E-state index in [2.05, 4.69) is 4.98 Å². The summed E-state index contributed by atoms with van der Waals surface area (Å²) in [5.74, 6) is -3.88. The Labute approximate surface area is 124 Å². The van der Waals surface area contributed by atoms with Crippen molar-refractivity contribution < 1.29 is 17.6 Å². The first kappa shape index (κ1) is 14.8. The van der Waals surface area contributed by atoms with E-state index in [0.717, 1.165) is 18.2 Å². The molecule has 0 spiro atoms. The van der Waals surface area contributed by atoms with Crippen LogP contribution in [0.5, 0.6) is 0 Å². The van der Waals surface area contributed by atoms with Gasteiger partial charge in [-0.1, -0.05) is 0 Å². The second-order valence-electron chi connectivity index (χ2n) is 5.34. The topological polar surface area (TPSA) is 42.1 Å². The Kier molecular flexibility index (Phi) is 3.52. The van der Waals surface area contributed by atoms with Gasteiger partial charge >= 0.3 is 0 Å². The molecule has 3 nitrogen and oxygen atoms in total. The van der Waals surface area contributed by atoms with E-state index < -0.39 is 17.6 Å². The lowest BCUT2D eigenvalue weighted by molar-refractivity contribution is -0.134. The number of alkyl halides is 2. The molecule has 1 fully saturated rings. The largest absolute Gasteiger partial charge is 0.397 e. The van der Waals surface area contributed by atoms with E-state index in [9.17, 15) is 17.6 Å². The van der Waals surface area contributed by atoms with Crippen LogP contribution >= 0.6 is 0 Å². The molecule has 0 atom stereocenters. The number of anilines is 1. The molecule has 0 radical (unpaired) electrons. The van der Waals surface area contributed by atoms with Crippen molar-refractivity contribution >= 4 is 5.69 Å². The number of aromatic nitrogens is 1. The molecule has 2 aromatic rings. The van der Waals surface area contributed by atoms with Gasteiger partial charge in [-0.3, -0.25) is 9.88 Å². The average molecular weight is 311 g/mol. The maximum absolute atomic E-state index is 13.9. The van der Waals surface area contributed by atoms with E-state index in [0.29, 0.717) is 11.3 Å². The molecule has 3 rings (SSSR count). The molecule has 1 aromatic heterocycles. The molecular weight excluding hydrogens is 298 g/mol. The monoisotopic (exact) mass is 311 g/mol. The number of halogens is 4. The number of hydrogen-bond acceptors (Lipinski definition) is 3. The average Bonchev–Trinajstić information content (AvgIpc) is 2.42. The fraction of sp³-hybridized carbons (Fsp3) is 0.267. The predicted molar refractivity (Wildman–Crippen MR) is 74.2 cm³/mol. The Hall–Kier alpha value is -2.15. The van der Waals surface area contributed by atoms with E-state index in [1.165, 1.54) is 17.2 Å². The first-order valence-electron chi connectivity index (χ1n) is 6.65. The van der Waals surface area contributed by atoms with Crippen LogP contribution in [0.4, 0.5) is 23.2 Å². The van der Waals surface area contributed by atoms with Gasteiger partial charge in [0, 0.05) is 23.9 Å². The summed E-state index contributed by atoms with van der Waals surface area (Å²) in [6.07, 6.45) is 1.41. The molecule has 0 bridgehead atoms. The Balaban J connectivity index is 1.91. The van der Waals surface area contributed by atoms with Gasteiger partial charge in [0.1, 0.15) is 11.6 Å². The van der Waals surface area contributed by atoms with Gasteiger partial charge in [0.25, 0.3) is 5.92 Å². The van der Waals surface area contributed by atoms with Crippen LogP contribution in [0.2, 0.25) is 0 Å². The number of nitrogens with zero attached hydrogens (tertiary/aromatic N) is 2. The molecule has 22 heavy (non-hydrogen) atoms. The first-order chi connectivity index (χ1) is 10.4. The van der Waals surface area contributed by atoms with Gasteiger partial charge in [0.2, 0.25) is 0 Å². The van der Waals surface area contributed by atoms with Crippen LogP contribution in [0, 0.1) is 11.6 Å². The molecular formula is C15H13F4N3. The third kappa shape index (κ3) is 2.76. The number of nitrogens with two attached hydrogens (primary N) is 1. The molecule has 0 saturated carbocycles. The number of benzene rings is 1. The normalized spacial score (nSPS) is 17.3. The first-order valence-corrected chi connectivity index (χ1v) is 6.65. The van der Waals surface area contributed by atoms with E-state index >= 15 is 0 Å². The second-order valence-corrected chi connectivity index (χ2v) is 5.34. The summed E-state index contributed by atoms with van der Waals surface area (Å²) in [4.78, 5) is 5.55. The van der Waals surface area contributed by atoms with Crippen molar-refractivity contribution in [3.8, 4) is 11.1 Å². The third-order valence-corrected chi connectivity index (χ3v) is 3.57. The molecule has 1 saturated heterocycles. The van der Waals surface area contributed by atoms with Gasteiger partial charge in [-0.25, -0.2) is 17.6 Å². The van der Waals surface area contributed by atoms with Crippen molar-refractivity contribution in [2.45, 2.75) is 12.5 Å².